The van der Waals surface area contributed by atoms with Gasteiger partial charge in [0.15, 0.2) is 0 Å². The van der Waals surface area contributed by atoms with Crippen LogP contribution in [0, 0.1) is 5.82 Å². The minimum Gasteiger partial charge on any atom is -0.307 e. The van der Waals surface area contributed by atoms with Crippen LogP contribution in [-0.4, -0.2) is 18.7 Å². The molecule has 2 heterocycles. The van der Waals surface area contributed by atoms with Crippen molar-refractivity contribution in [3.05, 3.63) is 64.3 Å². The van der Waals surface area contributed by atoms with E-state index in [0.29, 0.717) is 11.2 Å². The van der Waals surface area contributed by atoms with Gasteiger partial charge in [0.2, 0.25) is 16.8 Å². The van der Waals surface area contributed by atoms with Crippen LogP contribution in [0.2, 0.25) is 0 Å². The first-order valence-corrected chi connectivity index (χ1v) is 7.76. The van der Waals surface area contributed by atoms with Crippen molar-refractivity contribution < 1.29 is 13.2 Å². The van der Waals surface area contributed by atoms with Crippen molar-refractivity contribution in [3.8, 4) is 11.1 Å². The highest BCUT2D eigenvalue weighted by atomic mass is 32.2. The van der Waals surface area contributed by atoms with Crippen LogP contribution in [0.15, 0.2) is 47.4 Å². The van der Waals surface area contributed by atoms with E-state index in [1.165, 1.54) is 12.1 Å². The number of fused-ring (bicyclic) bond motifs is 1. The van der Waals surface area contributed by atoms with Gasteiger partial charge in [-0.05, 0) is 35.4 Å². The second kappa shape index (κ2) is 6.37. The summed E-state index contributed by atoms with van der Waals surface area (Å²) in [6.45, 7) is -0.0807. The smallest absolute Gasteiger partial charge is 0.249 e. The number of halogens is 1. The van der Waals surface area contributed by atoms with Crippen LogP contribution in [0.5, 0.6) is 0 Å². The van der Waals surface area contributed by atoms with Gasteiger partial charge in [0.1, 0.15) is 11.5 Å². The summed E-state index contributed by atoms with van der Waals surface area (Å²) in [6.07, 6.45) is 1.55. The molecule has 1 unspecified atom stereocenters. The number of hydrogen-bond donors (Lipinski definition) is 3. The van der Waals surface area contributed by atoms with Crippen molar-refractivity contribution in [2.45, 2.75) is 6.54 Å². The number of aromatic nitrogens is 2. The zero-order valence-electron chi connectivity index (χ0n) is 11.7. The fourth-order valence-corrected chi connectivity index (χ4v) is 2.61. The summed E-state index contributed by atoms with van der Waals surface area (Å²) in [6, 6.07) is 9.30. The Hall–Kier alpha value is -2.42. The summed E-state index contributed by atoms with van der Waals surface area (Å²) < 4.78 is 35.5. The van der Waals surface area contributed by atoms with E-state index in [0.717, 1.165) is 10.9 Å². The standard InChI is InChI=1S/C15H12FN3O3S/c16-13-3-1-9(7-10(13)8-18-23(21)22)11-5-6-17-15-12(11)2-4-14(20)19-15/h1-7,18H,8H2,(H,21,22)(H,17,19,20). The zero-order chi connectivity index (χ0) is 16.4. The predicted molar refractivity (Wildman–Crippen MR) is 85.4 cm³/mol. The van der Waals surface area contributed by atoms with Crippen LogP contribution in [0.4, 0.5) is 4.39 Å². The summed E-state index contributed by atoms with van der Waals surface area (Å²) in [4.78, 5) is 18.1. The Labute approximate surface area is 132 Å². The number of rotatable bonds is 4. The minimum absolute atomic E-state index is 0.0807. The van der Waals surface area contributed by atoms with Crippen LogP contribution in [-0.2, 0) is 17.8 Å². The molecule has 0 spiro atoms. The molecule has 0 aliphatic carbocycles. The molecular formula is C15H12FN3O3S. The van der Waals surface area contributed by atoms with Crippen molar-refractivity contribution in [3.63, 3.8) is 0 Å². The second-order valence-electron chi connectivity index (χ2n) is 4.82. The normalized spacial score (nSPS) is 12.4. The lowest BCUT2D eigenvalue weighted by Gasteiger charge is -2.09. The molecule has 0 fully saturated rings. The van der Waals surface area contributed by atoms with Crippen LogP contribution in [0.3, 0.4) is 0 Å². The molecule has 3 aromatic rings. The Bertz CT molecular complexity index is 958. The fourth-order valence-electron chi connectivity index (χ4n) is 2.33. The van der Waals surface area contributed by atoms with E-state index in [4.69, 9.17) is 4.55 Å². The monoisotopic (exact) mass is 333 g/mol. The highest BCUT2D eigenvalue weighted by molar-refractivity contribution is 7.77. The lowest BCUT2D eigenvalue weighted by atomic mass is 10.0. The van der Waals surface area contributed by atoms with Crippen LogP contribution >= 0.6 is 0 Å². The lowest BCUT2D eigenvalue weighted by Crippen LogP contribution is -2.16. The van der Waals surface area contributed by atoms with Gasteiger partial charge < -0.3 is 4.98 Å². The van der Waals surface area contributed by atoms with Gasteiger partial charge in [-0.25, -0.2) is 18.3 Å². The topological polar surface area (TPSA) is 95.1 Å². The van der Waals surface area contributed by atoms with Crippen LogP contribution in [0.1, 0.15) is 5.56 Å². The number of nitrogens with one attached hydrogen (secondary N) is 2. The number of aromatic amines is 1. The number of benzene rings is 1. The Morgan fingerprint density at radius 2 is 2.09 bits per heavy atom. The largest absolute Gasteiger partial charge is 0.307 e. The highest BCUT2D eigenvalue weighted by Crippen LogP contribution is 2.27. The summed E-state index contributed by atoms with van der Waals surface area (Å²) in [5, 5.41) is 0.725. The fraction of sp³-hybridized carbons (Fsp3) is 0.0667. The molecule has 8 heteroatoms. The van der Waals surface area contributed by atoms with Gasteiger partial charge in [-0.1, -0.05) is 6.07 Å². The van der Waals surface area contributed by atoms with Gasteiger partial charge in [-0.2, -0.15) is 0 Å². The molecule has 0 aliphatic heterocycles. The maximum absolute atomic E-state index is 13.8. The minimum atomic E-state index is -2.22. The molecule has 0 bridgehead atoms. The molecule has 0 saturated carbocycles. The third kappa shape index (κ3) is 3.34. The van der Waals surface area contributed by atoms with Crippen LogP contribution in [0.25, 0.3) is 22.2 Å². The Balaban J connectivity index is 2.10. The molecule has 3 N–H and O–H groups in total. The van der Waals surface area contributed by atoms with Gasteiger partial charge in [0.05, 0.1) is 0 Å². The predicted octanol–water partition coefficient (Wildman–Crippen LogP) is 1.96. The van der Waals surface area contributed by atoms with Crippen LogP contribution < -0.4 is 10.3 Å². The first-order chi connectivity index (χ1) is 11.0. The summed E-state index contributed by atoms with van der Waals surface area (Å²) in [5.41, 5.74) is 1.94. The molecule has 0 saturated heterocycles. The van der Waals surface area contributed by atoms with Gasteiger partial charge in [-0.3, -0.25) is 9.35 Å². The average molecular weight is 333 g/mol. The first kappa shape index (κ1) is 15.5. The van der Waals surface area contributed by atoms with E-state index in [9.17, 15) is 13.4 Å². The van der Waals surface area contributed by atoms with E-state index >= 15 is 0 Å². The van der Waals surface area contributed by atoms with Gasteiger partial charge in [0, 0.05) is 29.8 Å². The van der Waals surface area contributed by atoms with E-state index < -0.39 is 17.1 Å². The van der Waals surface area contributed by atoms with Crippen molar-refractivity contribution in [2.24, 2.45) is 0 Å². The van der Waals surface area contributed by atoms with E-state index in [-0.39, 0.29) is 17.7 Å². The molecule has 1 atom stereocenters. The Morgan fingerprint density at radius 1 is 1.26 bits per heavy atom. The Morgan fingerprint density at radius 3 is 2.87 bits per heavy atom. The Kier molecular flexibility index (Phi) is 4.28. The van der Waals surface area contributed by atoms with Gasteiger partial charge >= 0.3 is 0 Å². The molecule has 0 radical (unpaired) electrons. The molecule has 23 heavy (non-hydrogen) atoms. The molecule has 3 rings (SSSR count). The molecule has 2 aromatic heterocycles. The van der Waals surface area contributed by atoms with Crippen molar-refractivity contribution in [2.75, 3.05) is 0 Å². The number of nitrogens with zero attached hydrogens (tertiary/aromatic N) is 1. The number of H-pyrrole nitrogens is 1. The van der Waals surface area contributed by atoms with Crippen molar-refractivity contribution in [1.82, 2.24) is 14.7 Å². The maximum Gasteiger partial charge on any atom is 0.249 e. The summed E-state index contributed by atoms with van der Waals surface area (Å²) in [5.74, 6) is -0.474. The van der Waals surface area contributed by atoms with Gasteiger partial charge in [0.25, 0.3) is 0 Å². The quantitative estimate of drug-likeness (QED) is 0.636. The molecule has 0 aliphatic rings. The number of hydrogen-bond acceptors (Lipinski definition) is 3. The van der Waals surface area contributed by atoms with E-state index in [2.05, 4.69) is 14.7 Å². The zero-order valence-corrected chi connectivity index (χ0v) is 12.6. The first-order valence-electron chi connectivity index (χ1n) is 6.66. The number of pyridine rings is 2. The van der Waals surface area contributed by atoms with E-state index in [1.807, 2.05) is 0 Å². The van der Waals surface area contributed by atoms with E-state index in [1.54, 1.807) is 30.5 Å². The average Bonchev–Trinajstić information content (AvgIpc) is 2.53. The molecule has 1 aromatic carbocycles. The molecule has 6 nitrogen and oxygen atoms in total. The SMILES string of the molecule is O=c1ccc2c(-c3ccc(F)c(CNS(=O)O)c3)ccnc2[nH]1. The van der Waals surface area contributed by atoms with Crippen molar-refractivity contribution in [1.29, 1.82) is 0 Å². The lowest BCUT2D eigenvalue weighted by molar-refractivity contribution is 0.545. The molecule has 0 amide bonds. The second-order valence-corrected chi connectivity index (χ2v) is 5.61. The summed E-state index contributed by atoms with van der Waals surface area (Å²) >= 11 is -2.22. The molecule has 118 valence electrons. The highest BCUT2D eigenvalue weighted by Gasteiger charge is 2.09. The third-order valence-electron chi connectivity index (χ3n) is 3.38. The third-order valence-corrected chi connectivity index (χ3v) is 3.77. The maximum atomic E-state index is 13.8. The summed E-state index contributed by atoms with van der Waals surface area (Å²) in [7, 11) is 0. The van der Waals surface area contributed by atoms with Gasteiger partial charge in [-0.15, -0.1) is 0 Å². The molecular weight excluding hydrogens is 321 g/mol. The van der Waals surface area contributed by atoms with Crippen molar-refractivity contribution >= 4 is 22.3 Å².